The van der Waals surface area contributed by atoms with Gasteiger partial charge in [-0.3, -0.25) is 4.79 Å². The van der Waals surface area contributed by atoms with Crippen LogP contribution in [0.5, 0.6) is 0 Å². The van der Waals surface area contributed by atoms with Gasteiger partial charge in [-0.05, 0) is 5.92 Å². The molecule has 0 saturated carbocycles. The number of carbonyl (C=O) groups excluding carboxylic acids is 1. The largest absolute Gasteiger partial charge is 0.349 e. The van der Waals surface area contributed by atoms with E-state index < -0.39 is 0 Å². The van der Waals surface area contributed by atoms with Crippen LogP contribution in [0.15, 0.2) is 0 Å². The molecule has 0 bridgehead atoms. The van der Waals surface area contributed by atoms with Gasteiger partial charge in [0.25, 0.3) is 0 Å². The zero-order valence-corrected chi connectivity index (χ0v) is 7.35. The first kappa shape index (κ1) is 9.47. The second-order valence-electron chi connectivity index (χ2n) is 3.01. The molecule has 0 spiro atoms. The lowest BCUT2D eigenvalue weighted by atomic mass is 10.1. The Hall–Kier alpha value is -0.530. The van der Waals surface area contributed by atoms with Gasteiger partial charge in [0.1, 0.15) is 0 Å². The van der Waals surface area contributed by atoms with Gasteiger partial charge in [0.2, 0.25) is 5.91 Å². The Morgan fingerprint density at radius 1 is 1.50 bits per heavy atom. The smallest absolute Gasteiger partial charge is 0.222 e. The molecule has 0 aliphatic rings. The maximum Gasteiger partial charge on any atom is 0.222 e. The van der Waals surface area contributed by atoms with Crippen LogP contribution in [0.25, 0.3) is 0 Å². The molecule has 0 rings (SSSR count). The standard InChI is InChI=1S/C8H17NO/c1-5-7(2)6-8(10)9(3)4/h7H,5-6H2,1-4H3/t7-/m1/s1. The first-order chi connectivity index (χ1) is 4.57. The summed E-state index contributed by atoms with van der Waals surface area (Å²) in [5.74, 6) is 0.754. The Morgan fingerprint density at radius 3 is 2.30 bits per heavy atom. The van der Waals surface area contributed by atoms with Gasteiger partial charge >= 0.3 is 0 Å². The minimum absolute atomic E-state index is 0.231. The molecule has 2 heteroatoms. The molecule has 0 aliphatic carbocycles. The van der Waals surface area contributed by atoms with Crippen molar-refractivity contribution >= 4 is 5.91 Å². The summed E-state index contributed by atoms with van der Waals surface area (Å²) in [6.45, 7) is 4.20. The lowest BCUT2D eigenvalue weighted by Crippen LogP contribution is -2.23. The lowest BCUT2D eigenvalue weighted by molar-refractivity contribution is -0.129. The molecule has 0 fully saturated rings. The Kier molecular flexibility index (Phi) is 4.08. The first-order valence-electron chi connectivity index (χ1n) is 3.78. The van der Waals surface area contributed by atoms with Crippen molar-refractivity contribution in [3.05, 3.63) is 0 Å². The van der Waals surface area contributed by atoms with Crippen molar-refractivity contribution in [2.75, 3.05) is 14.1 Å². The van der Waals surface area contributed by atoms with E-state index >= 15 is 0 Å². The summed E-state index contributed by atoms with van der Waals surface area (Å²) in [5.41, 5.74) is 0. The molecule has 2 nitrogen and oxygen atoms in total. The van der Waals surface area contributed by atoms with Gasteiger partial charge in [-0.25, -0.2) is 0 Å². The van der Waals surface area contributed by atoms with Crippen LogP contribution in [-0.2, 0) is 4.79 Å². The second kappa shape index (κ2) is 4.31. The van der Waals surface area contributed by atoms with E-state index in [1.807, 2.05) is 0 Å². The van der Waals surface area contributed by atoms with Crippen molar-refractivity contribution in [1.82, 2.24) is 4.90 Å². The highest BCUT2D eigenvalue weighted by atomic mass is 16.2. The van der Waals surface area contributed by atoms with Crippen LogP contribution in [-0.4, -0.2) is 24.9 Å². The summed E-state index contributed by atoms with van der Waals surface area (Å²) in [6, 6.07) is 0. The van der Waals surface area contributed by atoms with Gasteiger partial charge in [0.15, 0.2) is 0 Å². The maximum absolute atomic E-state index is 11.0. The molecule has 1 atom stereocenters. The molecular formula is C8H17NO. The number of hydrogen-bond donors (Lipinski definition) is 0. The van der Waals surface area contributed by atoms with Crippen LogP contribution in [0, 0.1) is 5.92 Å². The van der Waals surface area contributed by atoms with Gasteiger partial charge < -0.3 is 4.90 Å². The van der Waals surface area contributed by atoms with Gasteiger partial charge in [0, 0.05) is 20.5 Å². The highest BCUT2D eigenvalue weighted by molar-refractivity contribution is 5.75. The third kappa shape index (κ3) is 3.49. The molecule has 0 saturated heterocycles. The van der Waals surface area contributed by atoms with Gasteiger partial charge in [-0.1, -0.05) is 20.3 Å². The van der Waals surface area contributed by atoms with Crippen molar-refractivity contribution in [2.45, 2.75) is 26.7 Å². The van der Waals surface area contributed by atoms with Crippen LogP contribution in [0.3, 0.4) is 0 Å². The monoisotopic (exact) mass is 143 g/mol. The SMILES string of the molecule is CC[C@@H](C)CC(=O)N(C)C. The van der Waals surface area contributed by atoms with Crippen LogP contribution < -0.4 is 0 Å². The molecule has 0 N–H and O–H groups in total. The van der Waals surface area contributed by atoms with Crippen molar-refractivity contribution in [3.63, 3.8) is 0 Å². The van der Waals surface area contributed by atoms with Crippen LogP contribution in [0.4, 0.5) is 0 Å². The predicted octanol–water partition coefficient (Wildman–Crippen LogP) is 1.51. The van der Waals surface area contributed by atoms with E-state index in [2.05, 4.69) is 13.8 Å². The van der Waals surface area contributed by atoms with Gasteiger partial charge in [0.05, 0.1) is 0 Å². The van der Waals surface area contributed by atoms with Crippen molar-refractivity contribution in [1.29, 1.82) is 0 Å². The number of hydrogen-bond acceptors (Lipinski definition) is 1. The molecule has 1 amide bonds. The van der Waals surface area contributed by atoms with Crippen LogP contribution >= 0.6 is 0 Å². The number of rotatable bonds is 3. The summed E-state index contributed by atoms with van der Waals surface area (Å²) in [6.07, 6.45) is 1.77. The molecule has 10 heavy (non-hydrogen) atoms. The molecule has 0 aliphatic heterocycles. The second-order valence-corrected chi connectivity index (χ2v) is 3.01. The molecule has 0 aromatic carbocycles. The van der Waals surface area contributed by atoms with Crippen LogP contribution in [0.1, 0.15) is 26.7 Å². The van der Waals surface area contributed by atoms with Crippen molar-refractivity contribution in [2.24, 2.45) is 5.92 Å². The minimum Gasteiger partial charge on any atom is -0.349 e. The quantitative estimate of drug-likeness (QED) is 0.586. The highest BCUT2D eigenvalue weighted by Gasteiger charge is 2.07. The molecule has 0 heterocycles. The fourth-order valence-corrected chi connectivity index (χ4v) is 0.625. The fraction of sp³-hybridized carbons (Fsp3) is 0.875. The number of carbonyl (C=O) groups is 1. The summed E-state index contributed by atoms with van der Waals surface area (Å²) < 4.78 is 0. The van der Waals surface area contributed by atoms with E-state index in [0.717, 1.165) is 6.42 Å². The molecule has 0 aromatic heterocycles. The van der Waals surface area contributed by atoms with Gasteiger partial charge in [-0.15, -0.1) is 0 Å². The van der Waals surface area contributed by atoms with Crippen molar-refractivity contribution in [3.8, 4) is 0 Å². The van der Waals surface area contributed by atoms with E-state index in [4.69, 9.17) is 0 Å². The van der Waals surface area contributed by atoms with E-state index in [1.54, 1.807) is 19.0 Å². The van der Waals surface area contributed by atoms with E-state index in [9.17, 15) is 4.79 Å². The topological polar surface area (TPSA) is 20.3 Å². The fourth-order valence-electron chi connectivity index (χ4n) is 0.625. The number of nitrogens with zero attached hydrogens (tertiary/aromatic N) is 1. The lowest BCUT2D eigenvalue weighted by Gasteiger charge is -2.12. The number of amides is 1. The first-order valence-corrected chi connectivity index (χ1v) is 3.78. The third-order valence-corrected chi connectivity index (χ3v) is 1.72. The van der Waals surface area contributed by atoms with E-state index in [0.29, 0.717) is 12.3 Å². The Balaban J connectivity index is 3.57. The highest BCUT2D eigenvalue weighted by Crippen LogP contribution is 2.06. The van der Waals surface area contributed by atoms with E-state index in [1.165, 1.54) is 0 Å². The normalized spacial score (nSPS) is 12.8. The Morgan fingerprint density at radius 2 is 2.00 bits per heavy atom. The summed E-state index contributed by atoms with van der Waals surface area (Å²) in [7, 11) is 3.59. The Bertz CT molecular complexity index is 110. The van der Waals surface area contributed by atoms with E-state index in [-0.39, 0.29) is 5.91 Å². The predicted molar refractivity (Wildman–Crippen MR) is 42.8 cm³/mol. The molecule has 60 valence electrons. The van der Waals surface area contributed by atoms with Crippen LogP contribution in [0.2, 0.25) is 0 Å². The summed E-state index contributed by atoms with van der Waals surface area (Å²) in [5, 5.41) is 0. The average molecular weight is 143 g/mol. The summed E-state index contributed by atoms with van der Waals surface area (Å²) in [4.78, 5) is 12.7. The maximum atomic E-state index is 11.0. The average Bonchev–Trinajstić information content (AvgIpc) is 1.87. The van der Waals surface area contributed by atoms with Gasteiger partial charge in [-0.2, -0.15) is 0 Å². The Labute approximate surface area is 63.2 Å². The molecule has 0 aromatic rings. The molecular weight excluding hydrogens is 126 g/mol. The zero-order valence-electron chi connectivity index (χ0n) is 7.35. The molecule has 0 unspecified atom stereocenters. The zero-order chi connectivity index (χ0) is 8.15. The third-order valence-electron chi connectivity index (χ3n) is 1.72. The summed E-state index contributed by atoms with van der Waals surface area (Å²) >= 11 is 0. The van der Waals surface area contributed by atoms with Crippen molar-refractivity contribution < 1.29 is 4.79 Å². The minimum atomic E-state index is 0.231. The molecule has 0 radical (unpaired) electrons.